The first-order chi connectivity index (χ1) is 8.67. The third-order valence-electron chi connectivity index (χ3n) is 2.74. The number of aromatic nitrogens is 1. The first-order valence-electron chi connectivity index (χ1n) is 6.48. The summed E-state index contributed by atoms with van der Waals surface area (Å²) >= 11 is 5.95. The van der Waals surface area contributed by atoms with Crippen molar-refractivity contribution in [2.45, 2.75) is 39.0 Å². The Balaban J connectivity index is 2.38. The number of halogens is 1. The number of likely N-dealkylation sites (N-methyl/N-ethyl adjacent to an activating group) is 1. The highest BCUT2D eigenvalue weighted by Gasteiger charge is 2.15. The zero-order valence-corrected chi connectivity index (χ0v) is 13.2. The van der Waals surface area contributed by atoms with Crippen molar-refractivity contribution in [1.29, 1.82) is 0 Å². The van der Waals surface area contributed by atoms with Crippen LogP contribution in [-0.4, -0.2) is 46.5 Å². The van der Waals surface area contributed by atoms with Gasteiger partial charge in [0.25, 0.3) is 0 Å². The van der Waals surface area contributed by atoms with Gasteiger partial charge in [-0.3, -0.25) is 4.90 Å². The van der Waals surface area contributed by atoms with Crippen LogP contribution in [0.3, 0.4) is 0 Å². The highest BCUT2D eigenvalue weighted by Crippen LogP contribution is 2.14. The van der Waals surface area contributed by atoms with Crippen molar-refractivity contribution in [3.63, 3.8) is 0 Å². The van der Waals surface area contributed by atoms with E-state index in [2.05, 4.69) is 4.90 Å². The Labute approximate surface area is 120 Å². The fourth-order valence-electron chi connectivity index (χ4n) is 1.82. The summed E-state index contributed by atoms with van der Waals surface area (Å²) in [5, 5.41) is 10.7. The van der Waals surface area contributed by atoms with E-state index in [9.17, 15) is 5.11 Å². The lowest BCUT2D eigenvalue weighted by Crippen LogP contribution is -2.35. The average Bonchev–Trinajstić information content (AvgIpc) is 2.53. The molecule has 0 amide bonds. The van der Waals surface area contributed by atoms with E-state index in [0.29, 0.717) is 13.2 Å². The van der Waals surface area contributed by atoms with E-state index in [-0.39, 0.29) is 5.60 Å². The van der Waals surface area contributed by atoms with Crippen LogP contribution in [0.15, 0.2) is 12.3 Å². The van der Waals surface area contributed by atoms with Crippen molar-refractivity contribution < 1.29 is 9.84 Å². The summed E-state index contributed by atoms with van der Waals surface area (Å²) < 4.78 is 7.56. The van der Waals surface area contributed by atoms with E-state index in [4.69, 9.17) is 16.3 Å². The topological polar surface area (TPSA) is 37.6 Å². The van der Waals surface area contributed by atoms with Gasteiger partial charge in [0, 0.05) is 32.0 Å². The van der Waals surface area contributed by atoms with E-state index in [1.165, 1.54) is 0 Å². The molecule has 0 aliphatic rings. The fourth-order valence-corrected chi connectivity index (χ4v) is 2.10. The molecule has 0 saturated heterocycles. The van der Waals surface area contributed by atoms with Crippen molar-refractivity contribution >= 4 is 11.6 Å². The fraction of sp³-hybridized carbons (Fsp3) is 0.714. The van der Waals surface area contributed by atoms with Crippen molar-refractivity contribution in [3.8, 4) is 0 Å². The second-order valence-electron chi connectivity index (χ2n) is 6.03. The Morgan fingerprint density at radius 1 is 1.47 bits per heavy atom. The molecular formula is C14H25ClN2O2. The van der Waals surface area contributed by atoms with Crippen LogP contribution in [-0.2, 0) is 18.3 Å². The third-order valence-corrected chi connectivity index (χ3v) is 2.94. The summed E-state index contributed by atoms with van der Waals surface area (Å²) in [6.45, 7) is 7.61. The minimum atomic E-state index is -0.486. The van der Waals surface area contributed by atoms with Crippen molar-refractivity contribution in [3.05, 3.63) is 23.0 Å². The van der Waals surface area contributed by atoms with E-state index in [1.807, 2.05) is 51.7 Å². The van der Waals surface area contributed by atoms with Gasteiger partial charge >= 0.3 is 0 Å². The Morgan fingerprint density at radius 3 is 2.58 bits per heavy atom. The lowest BCUT2D eigenvalue weighted by molar-refractivity contribution is -0.0551. The minimum absolute atomic E-state index is 0.217. The normalized spacial score (nSPS) is 14.1. The highest BCUT2D eigenvalue weighted by atomic mass is 35.5. The predicted molar refractivity (Wildman–Crippen MR) is 78.5 cm³/mol. The second kappa shape index (κ2) is 6.75. The standard InChI is InChI=1S/C14H25ClN2O2/c1-14(2,3)19-10-13(18)9-16(4)8-12-6-11(15)7-17(12)5/h6-7,13,18H,8-10H2,1-5H3. The highest BCUT2D eigenvalue weighted by molar-refractivity contribution is 6.30. The van der Waals surface area contributed by atoms with Gasteiger partial charge in [0.1, 0.15) is 0 Å². The van der Waals surface area contributed by atoms with Gasteiger partial charge in [-0.1, -0.05) is 11.6 Å². The summed E-state index contributed by atoms with van der Waals surface area (Å²) in [4.78, 5) is 2.06. The molecule has 0 spiro atoms. The van der Waals surface area contributed by atoms with Crippen LogP contribution >= 0.6 is 11.6 Å². The SMILES string of the molecule is CN(Cc1cc(Cl)cn1C)CC(O)COC(C)(C)C. The molecule has 0 aromatic carbocycles. The molecule has 1 rings (SSSR count). The van der Waals surface area contributed by atoms with Crippen LogP contribution in [0, 0.1) is 0 Å². The van der Waals surface area contributed by atoms with Crippen LogP contribution in [0.4, 0.5) is 0 Å². The molecular weight excluding hydrogens is 264 g/mol. The average molecular weight is 289 g/mol. The zero-order valence-electron chi connectivity index (χ0n) is 12.5. The summed E-state index contributed by atoms with van der Waals surface area (Å²) in [6, 6.07) is 1.94. The van der Waals surface area contributed by atoms with Crippen molar-refractivity contribution in [2.24, 2.45) is 7.05 Å². The van der Waals surface area contributed by atoms with Crippen LogP contribution in [0.1, 0.15) is 26.5 Å². The first-order valence-corrected chi connectivity index (χ1v) is 6.86. The molecule has 1 unspecified atom stereocenters. The largest absolute Gasteiger partial charge is 0.389 e. The number of ether oxygens (including phenoxy) is 1. The van der Waals surface area contributed by atoms with Crippen LogP contribution in [0.25, 0.3) is 0 Å². The van der Waals surface area contributed by atoms with E-state index >= 15 is 0 Å². The number of hydrogen-bond acceptors (Lipinski definition) is 3. The van der Waals surface area contributed by atoms with Gasteiger partial charge in [0.2, 0.25) is 0 Å². The lowest BCUT2D eigenvalue weighted by Gasteiger charge is -2.25. The van der Waals surface area contributed by atoms with Gasteiger partial charge in [0.05, 0.1) is 23.3 Å². The number of rotatable bonds is 6. The summed E-state index contributed by atoms with van der Waals surface area (Å²) in [6.07, 6.45) is 1.39. The Hall–Kier alpha value is -0.550. The van der Waals surface area contributed by atoms with Gasteiger partial charge in [0.15, 0.2) is 0 Å². The minimum Gasteiger partial charge on any atom is -0.389 e. The first kappa shape index (κ1) is 16.5. The number of nitrogens with zero attached hydrogens (tertiary/aromatic N) is 2. The molecule has 1 aromatic rings. The zero-order chi connectivity index (χ0) is 14.6. The summed E-state index contributed by atoms with van der Waals surface area (Å²) in [5.41, 5.74) is 0.905. The maximum Gasteiger partial charge on any atom is 0.0900 e. The molecule has 0 saturated carbocycles. The Morgan fingerprint density at radius 2 is 2.11 bits per heavy atom. The number of aliphatic hydroxyl groups is 1. The number of aliphatic hydroxyl groups excluding tert-OH is 1. The predicted octanol–water partition coefficient (Wildman–Crippen LogP) is 2.29. The third kappa shape index (κ3) is 6.43. The summed E-state index contributed by atoms with van der Waals surface area (Å²) in [7, 11) is 3.94. The van der Waals surface area contributed by atoms with Gasteiger partial charge in [-0.05, 0) is 33.9 Å². The van der Waals surface area contributed by atoms with Gasteiger partial charge in [-0.15, -0.1) is 0 Å². The molecule has 1 aromatic heterocycles. The van der Waals surface area contributed by atoms with E-state index < -0.39 is 6.10 Å². The quantitative estimate of drug-likeness (QED) is 0.873. The smallest absolute Gasteiger partial charge is 0.0900 e. The molecule has 0 bridgehead atoms. The monoisotopic (exact) mass is 288 g/mol. The van der Waals surface area contributed by atoms with Crippen molar-refractivity contribution in [2.75, 3.05) is 20.2 Å². The molecule has 5 heteroatoms. The van der Waals surface area contributed by atoms with E-state index in [0.717, 1.165) is 17.3 Å². The Kier molecular flexibility index (Phi) is 5.86. The van der Waals surface area contributed by atoms with Gasteiger partial charge in [-0.25, -0.2) is 0 Å². The van der Waals surface area contributed by atoms with E-state index in [1.54, 1.807) is 0 Å². The van der Waals surface area contributed by atoms with Crippen LogP contribution < -0.4 is 0 Å². The molecule has 1 heterocycles. The van der Waals surface area contributed by atoms with Crippen molar-refractivity contribution in [1.82, 2.24) is 9.47 Å². The number of hydrogen-bond donors (Lipinski definition) is 1. The Bertz CT molecular complexity index is 399. The van der Waals surface area contributed by atoms with Gasteiger partial charge in [-0.2, -0.15) is 0 Å². The summed E-state index contributed by atoms with van der Waals surface area (Å²) in [5.74, 6) is 0. The van der Waals surface area contributed by atoms with Crippen LogP contribution in [0.5, 0.6) is 0 Å². The number of aryl methyl sites for hydroxylation is 1. The van der Waals surface area contributed by atoms with Gasteiger partial charge < -0.3 is 14.4 Å². The molecule has 4 nitrogen and oxygen atoms in total. The maximum absolute atomic E-state index is 9.94. The second-order valence-corrected chi connectivity index (χ2v) is 6.47. The molecule has 1 N–H and O–H groups in total. The molecule has 0 fully saturated rings. The molecule has 19 heavy (non-hydrogen) atoms. The molecule has 0 aliphatic heterocycles. The molecule has 0 aliphatic carbocycles. The lowest BCUT2D eigenvalue weighted by atomic mass is 10.2. The molecule has 1 atom stereocenters. The molecule has 0 radical (unpaired) electrons. The molecule has 110 valence electrons. The maximum atomic E-state index is 9.94. The van der Waals surface area contributed by atoms with Crippen LogP contribution in [0.2, 0.25) is 5.02 Å².